The zero-order valence-corrected chi connectivity index (χ0v) is 18.8. The Labute approximate surface area is 188 Å². The molecular weight excluding hydrogens is 428 g/mol. The van der Waals surface area contributed by atoms with E-state index < -0.39 is 10.0 Å². The van der Waals surface area contributed by atoms with Gasteiger partial charge >= 0.3 is 0 Å². The minimum atomic E-state index is -3.72. The van der Waals surface area contributed by atoms with Crippen LogP contribution in [-0.4, -0.2) is 34.6 Å². The Morgan fingerprint density at radius 2 is 1.47 bits per heavy atom. The summed E-state index contributed by atoms with van der Waals surface area (Å²) in [7, 11) is -2.24. The number of benzene rings is 3. The lowest BCUT2D eigenvalue weighted by Crippen LogP contribution is -2.28. The Morgan fingerprint density at radius 3 is 2.09 bits per heavy atom. The van der Waals surface area contributed by atoms with E-state index >= 15 is 0 Å². The van der Waals surface area contributed by atoms with Gasteiger partial charge in [0.25, 0.3) is 15.9 Å². The highest BCUT2D eigenvalue weighted by molar-refractivity contribution is 7.92. The molecule has 0 radical (unpaired) electrons. The first-order valence-electron chi connectivity index (χ1n) is 10.2. The van der Waals surface area contributed by atoms with Crippen LogP contribution in [0.3, 0.4) is 0 Å². The van der Waals surface area contributed by atoms with Crippen LogP contribution in [0.15, 0.2) is 83.8 Å². The van der Waals surface area contributed by atoms with Gasteiger partial charge in [-0.2, -0.15) is 0 Å². The summed E-state index contributed by atoms with van der Waals surface area (Å²) in [6.07, 6.45) is 0. The fraction of sp³-hybridized carbons (Fsp3) is 0.208. The molecule has 0 bridgehead atoms. The Bertz CT molecular complexity index is 1120. The topological polar surface area (TPSA) is 84.9 Å². The number of nitrogens with one attached hydrogen (secondary N) is 1. The maximum Gasteiger partial charge on any atom is 0.264 e. The van der Waals surface area contributed by atoms with E-state index in [0.717, 1.165) is 5.56 Å². The predicted octanol–water partition coefficient (Wildman–Crippen LogP) is 3.61. The molecule has 8 heteroatoms. The lowest BCUT2D eigenvalue weighted by molar-refractivity contribution is -0.123. The summed E-state index contributed by atoms with van der Waals surface area (Å²) in [5.41, 5.74) is 1.47. The number of ether oxygens (including phenoxy) is 2. The number of sulfonamides is 1. The lowest BCUT2D eigenvalue weighted by atomic mass is 10.2. The average Bonchev–Trinajstić information content (AvgIpc) is 2.82. The van der Waals surface area contributed by atoms with Crippen LogP contribution in [0.5, 0.6) is 11.5 Å². The summed E-state index contributed by atoms with van der Waals surface area (Å²) in [4.78, 5) is 12.2. The second-order valence-electron chi connectivity index (χ2n) is 6.92. The molecule has 0 aliphatic carbocycles. The van der Waals surface area contributed by atoms with Crippen molar-refractivity contribution in [2.75, 3.05) is 24.6 Å². The third-order valence-corrected chi connectivity index (χ3v) is 6.50. The second kappa shape index (κ2) is 10.7. The highest BCUT2D eigenvalue weighted by Gasteiger charge is 2.21. The quantitative estimate of drug-likeness (QED) is 0.506. The molecule has 0 atom stereocenters. The van der Waals surface area contributed by atoms with Gasteiger partial charge in [0.15, 0.2) is 6.61 Å². The fourth-order valence-electron chi connectivity index (χ4n) is 2.92. The molecule has 0 saturated carbocycles. The third kappa shape index (κ3) is 6.01. The van der Waals surface area contributed by atoms with E-state index in [2.05, 4.69) is 5.32 Å². The Morgan fingerprint density at radius 1 is 0.875 bits per heavy atom. The molecule has 0 aliphatic rings. The van der Waals surface area contributed by atoms with Crippen molar-refractivity contribution in [2.45, 2.75) is 18.4 Å². The van der Waals surface area contributed by atoms with Gasteiger partial charge in [0.2, 0.25) is 0 Å². The van der Waals surface area contributed by atoms with E-state index in [9.17, 15) is 13.2 Å². The molecule has 0 spiro atoms. The zero-order valence-electron chi connectivity index (χ0n) is 18.0. The molecule has 3 aromatic carbocycles. The molecule has 168 valence electrons. The van der Waals surface area contributed by atoms with Gasteiger partial charge < -0.3 is 14.8 Å². The molecule has 32 heavy (non-hydrogen) atoms. The smallest absolute Gasteiger partial charge is 0.264 e. The zero-order chi connectivity index (χ0) is 23.0. The molecule has 3 aromatic rings. The van der Waals surface area contributed by atoms with Crippen LogP contribution in [0.2, 0.25) is 0 Å². The first kappa shape index (κ1) is 23.1. The van der Waals surface area contributed by atoms with Crippen LogP contribution in [0.4, 0.5) is 5.69 Å². The van der Waals surface area contributed by atoms with E-state index in [4.69, 9.17) is 9.47 Å². The van der Waals surface area contributed by atoms with Crippen LogP contribution < -0.4 is 19.1 Å². The molecule has 0 unspecified atom stereocenters. The lowest BCUT2D eigenvalue weighted by Gasteiger charge is -2.20. The van der Waals surface area contributed by atoms with Crippen molar-refractivity contribution in [3.63, 3.8) is 0 Å². The van der Waals surface area contributed by atoms with Gasteiger partial charge in [0, 0.05) is 13.6 Å². The number of hydrogen-bond donors (Lipinski definition) is 1. The molecule has 0 fully saturated rings. The summed E-state index contributed by atoms with van der Waals surface area (Å²) in [5, 5.41) is 2.79. The SMILES string of the molecule is CCOc1ccc(S(=O)(=O)N(C)c2ccc(OCC(=O)NCc3ccccc3)cc2)cc1. The van der Waals surface area contributed by atoms with Gasteiger partial charge in [-0.25, -0.2) is 8.42 Å². The molecule has 1 amide bonds. The minimum absolute atomic E-state index is 0.132. The first-order valence-corrected chi connectivity index (χ1v) is 11.6. The van der Waals surface area contributed by atoms with E-state index in [-0.39, 0.29) is 17.4 Å². The number of amides is 1. The highest BCUT2D eigenvalue weighted by atomic mass is 32.2. The number of hydrogen-bond acceptors (Lipinski definition) is 5. The number of rotatable bonds is 10. The largest absolute Gasteiger partial charge is 0.494 e. The Kier molecular flexibility index (Phi) is 7.72. The maximum atomic E-state index is 12.9. The standard InChI is InChI=1S/C24H26N2O5S/c1-3-30-21-13-15-23(16-14-21)32(28,29)26(2)20-9-11-22(12-10-20)31-18-24(27)25-17-19-7-5-4-6-8-19/h4-16H,3,17-18H2,1-2H3,(H,25,27). The highest BCUT2D eigenvalue weighted by Crippen LogP contribution is 2.25. The maximum absolute atomic E-state index is 12.9. The van der Waals surface area contributed by atoms with Gasteiger partial charge in [-0.05, 0) is 61.0 Å². The summed E-state index contributed by atoms with van der Waals surface area (Å²) in [5.74, 6) is 0.840. The second-order valence-corrected chi connectivity index (χ2v) is 8.89. The molecule has 0 heterocycles. The van der Waals surface area contributed by atoms with Crippen molar-refractivity contribution < 1.29 is 22.7 Å². The van der Waals surface area contributed by atoms with Crippen LogP contribution >= 0.6 is 0 Å². The summed E-state index contributed by atoms with van der Waals surface area (Å²) in [6, 6.07) is 22.4. The molecule has 1 N–H and O–H groups in total. The first-order chi connectivity index (χ1) is 15.4. The minimum Gasteiger partial charge on any atom is -0.494 e. The normalized spacial score (nSPS) is 10.9. The number of carbonyl (C=O) groups is 1. The molecular formula is C24H26N2O5S. The number of nitrogens with zero attached hydrogens (tertiary/aromatic N) is 1. The number of carbonyl (C=O) groups excluding carboxylic acids is 1. The third-order valence-electron chi connectivity index (χ3n) is 4.70. The van der Waals surface area contributed by atoms with E-state index in [1.54, 1.807) is 36.4 Å². The number of anilines is 1. The van der Waals surface area contributed by atoms with Gasteiger partial charge in [-0.1, -0.05) is 30.3 Å². The van der Waals surface area contributed by atoms with Crippen molar-refractivity contribution in [3.05, 3.63) is 84.4 Å². The fourth-order valence-corrected chi connectivity index (χ4v) is 4.12. The molecule has 0 saturated heterocycles. The van der Waals surface area contributed by atoms with E-state index in [1.165, 1.54) is 23.5 Å². The van der Waals surface area contributed by atoms with Gasteiger partial charge in [-0.15, -0.1) is 0 Å². The van der Waals surface area contributed by atoms with Crippen molar-refractivity contribution >= 4 is 21.6 Å². The monoisotopic (exact) mass is 454 g/mol. The summed E-state index contributed by atoms with van der Waals surface area (Å²) in [6.45, 7) is 2.67. The van der Waals surface area contributed by atoms with Gasteiger partial charge in [0.05, 0.1) is 17.2 Å². The average molecular weight is 455 g/mol. The van der Waals surface area contributed by atoms with E-state index in [0.29, 0.717) is 30.3 Å². The van der Waals surface area contributed by atoms with Crippen molar-refractivity contribution in [1.29, 1.82) is 0 Å². The van der Waals surface area contributed by atoms with Gasteiger partial charge in [-0.3, -0.25) is 9.10 Å². The predicted molar refractivity (Wildman–Crippen MR) is 123 cm³/mol. The molecule has 0 aromatic heterocycles. The molecule has 0 aliphatic heterocycles. The Balaban J connectivity index is 1.56. The van der Waals surface area contributed by atoms with Crippen LogP contribution in [-0.2, 0) is 21.4 Å². The molecule has 3 rings (SSSR count). The molecule has 7 nitrogen and oxygen atoms in total. The summed E-state index contributed by atoms with van der Waals surface area (Å²) >= 11 is 0. The van der Waals surface area contributed by atoms with Crippen molar-refractivity contribution in [1.82, 2.24) is 5.32 Å². The van der Waals surface area contributed by atoms with Crippen molar-refractivity contribution in [2.24, 2.45) is 0 Å². The van der Waals surface area contributed by atoms with Crippen molar-refractivity contribution in [3.8, 4) is 11.5 Å². The Hall–Kier alpha value is -3.52. The van der Waals surface area contributed by atoms with Gasteiger partial charge in [0.1, 0.15) is 11.5 Å². The van der Waals surface area contributed by atoms with E-state index in [1.807, 2.05) is 37.3 Å². The van der Waals surface area contributed by atoms with Crippen LogP contribution in [0, 0.1) is 0 Å². The van der Waals surface area contributed by atoms with Crippen LogP contribution in [0.1, 0.15) is 12.5 Å². The summed E-state index contributed by atoms with van der Waals surface area (Å²) < 4.78 is 37.8. The van der Waals surface area contributed by atoms with Crippen LogP contribution in [0.25, 0.3) is 0 Å².